The van der Waals surface area contributed by atoms with Crippen molar-refractivity contribution in [3.05, 3.63) is 30.1 Å². The summed E-state index contributed by atoms with van der Waals surface area (Å²) in [5.41, 5.74) is 2.11. The Bertz CT molecular complexity index is 546. The molecule has 2 aromatic rings. The van der Waals surface area contributed by atoms with Gasteiger partial charge in [-0.15, -0.1) is 0 Å². The van der Waals surface area contributed by atoms with Crippen molar-refractivity contribution in [2.75, 3.05) is 18.5 Å². The molecule has 5 nitrogen and oxygen atoms in total. The summed E-state index contributed by atoms with van der Waals surface area (Å²) in [4.78, 5) is 4.35. The SMILES string of the molecule is Cc1nc(-c2cccc(NC3CCCOC3)c2)n[nH]1. The van der Waals surface area contributed by atoms with E-state index in [1.807, 2.05) is 19.1 Å². The summed E-state index contributed by atoms with van der Waals surface area (Å²) in [6.07, 6.45) is 2.28. The zero-order chi connectivity index (χ0) is 13.1. The Morgan fingerprint density at radius 3 is 3.11 bits per heavy atom. The number of ether oxygens (including phenoxy) is 1. The second-order valence-electron chi connectivity index (χ2n) is 4.88. The minimum Gasteiger partial charge on any atom is -0.380 e. The lowest BCUT2D eigenvalue weighted by Crippen LogP contribution is -2.29. The van der Waals surface area contributed by atoms with E-state index in [-0.39, 0.29) is 0 Å². The van der Waals surface area contributed by atoms with Crippen molar-refractivity contribution in [2.24, 2.45) is 0 Å². The summed E-state index contributed by atoms with van der Waals surface area (Å²) in [5.74, 6) is 1.56. The van der Waals surface area contributed by atoms with E-state index in [1.165, 1.54) is 0 Å². The van der Waals surface area contributed by atoms with E-state index in [0.717, 1.165) is 49.0 Å². The molecular formula is C14H18N4O. The highest BCUT2D eigenvalue weighted by molar-refractivity contribution is 5.62. The lowest BCUT2D eigenvalue weighted by atomic mass is 10.1. The number of aromatic nitrogens is 3. The molecule has 1 aliphatic heterocycles. The van der Waals surface area contributed by atoms with Gasteiger partial charge in [0.25, 0.3) is 0 Å². The lowest BCUT2D eigenvalue weighted by molar-refractivity contribution is 0.0876. The molecule has 100 valence electrons. The third-order valence-electron chi connectivity index (χ3n) is 3.25. The van der Waals surface area contributed by atoms with Gasteiger partial charge in [-0.1, -0.05) is 12.1 Å². The highest BCUT2D eigenvalue weighted by Crippen LogP contribution is 2.21. The smallest absolute Gasteiger partial charge is 0.181 e. The molecule has 5 heteroatoms. The Labute approximate surface area is 112 Å². The quantitative estimate of drug-likeness (QED) is 0.887. The van der Waals surface area contributed by atoms with Crippen LogP contribution in [0.25, 0.3) is 11.4 Å². The third kappa shape index (κ3) is 2.93. The van der Waals surface area contributed by atoms with Crippen molar-refractivity contribution in [1.82, 2.24) is 15.2 Å². The van der Waals surface area contributed by atoms with E-state index in [1.54, 1.807) is 0 Å². The van der Waals surface area contributed by atoms with Crippen LogP contribution < -0.4 is 5.32 Å². The Balaban J connectivity index is 1.75. The highest BCUT2D eigenvalue weighted by Gasteiger charge is 2.13. The van der Waals surface area contributed by atoms with Crippen LogP contribution in [0, 0.1) is 6.92 Å². The molecule has 2 N–H and O–H groups in total. The molecule has 1 fully saturated rings. The molecule has 0 amide bonds. The number of aryl methyl sites for hydroxylation is 1. The number of rotatable bonds is 3. The van der Waals surface area contributed by atoms with Crippen LogP contribution in [-0.4, -0.2) is 34.4 Å². The maximum atomic E-state index is 5.48. The molecule has 0 saturated carbocycles. The Morgan fingerprint density at radius 1 is 1.42 bits per heavy atom. The first kappa shape index (κ1) is 12.2. The largest absolute Gasteiger partial charge is 0.380 e. The van der Waals surface area contributed by atoms with E-state index in [4.69, 9.17) is 4.74 Å². The molecule has 2 heterocycles. The fourth-order valence-electron chi connectivity index (χ4n) is 2.31. The summed E-state index contributed by atoms with van der Waals surface area (Å²) in [6.45, 7) is 3.57. The maximum absolute atomic E-state index is 5.48. The highest BCUT2D eigenvalue weighted by atomic mass is 16.5. The molecule has 1 aromatic heterocycles. The fraction of sp³-hybridized carbons (Fsp3) is 0.429. The van der Waals surface area contributed by atoms with Gasteiger partial charge in [-0.3, -0.25) is 5.10 Å². The lowest BCUT2D eigenvalue weighted by Gasteiger charge is -2.24. The Hall–Kier alpha value is -1.88. The van der Waals surface area contributed by atoms with Crippen LogP contribution >= 0.6 is 0 Å². The van der Waals surface area contributed by atoms with Gasteiger partial charge in [0.2, 0.25) is 0 Å². The molecule has 1 saturated heterocycles. The number of hydrogen-bond donors (Lipinski definition) is 2. The predicted octanol–water partition coefficient (Wildman–Crippen LogP) is 2.37. The van der Waals surface area contributed by atoms with Crippen LogP contribution in [0.15, 0.2) is 24.3 Å². The molecule has 0 spiro atoms. The van der Waals surface area contributed by atoms with Crippen molar-refractivity contribution < 1.29 is 4.74 Å². The van der Waals surface area contributed by atoms with Gasteiger partial charge >= 0.3 is 0 Å². The minimum absolute atomic E-state index is 0.401. The van der Waals surface area contributed by atoms with Gasteiger partial charge in [-0.25, -0.2) is 4.98 Å². The molecule has 0 bridgehead atoms. The molecule has 0 aliphatic carbocycles. The van der Waals surface area contributed by atoms with Crippen molar-refractivity contribution in [3.8, 4) is 11.4 Å². The zero-order valence-electron chi connectivity index (χ0n) is 11.0. The molecule has 3 rings (SSSR count). The van der Waals surface area contributed by atoms with Crippen LogP contribution in [0.5, 0.6) is 0 Å². The molecule has 19 heavy (non-hydrogen) atoms. The van der Waals surface area contributed by atoms with Crippen molar-refractivity contribution in [2.45, 2.75) is 25.8 Å². The molecule has 1 aromatic carbocycles. The minimum atomic E-state index is 0.401. The summed E-state index contributed by atoms with van der Waals surface area (Å²) in [5, 5.41) is 10.6. The van der Waals surface area contributed by atoms with Crippen LogP contribution in [0.4, 0.5) is 5.69 Å². The maximum Gasteiger partial charge on any atom is 0.181 e. The number of hydrogen-bond acceptors (Lipinski definition) is 4. The fourth-order valence-corrected chi connectivity index (χ4v) is 2.31. The molecule has 1 aliphatic rings. The first-order chi connectivity index (χ1) is 9.31. The topological polar surface area (TPSA) is 62.8 Å². The number of benzene rings is 1. The third-order valence-corrected chi connectivity index (χ3v) is 3.25. The van der Waals surface area contributed by atoms with E-state index in [0.29, 0.717) is 6.04 Å². The van der Waals surface area contributed by atoms with Gasteiger partial charge in [-0.2, -0.15) is 5.10 Å². The first-order valence-corrected chi connectivity index (χ1v) is 6.65. The van der Waals surface area contributed by atoms with Crippen molar-refractivity contribution in [3.63, 3.8) is 0 Å². The van der Waals surface area contributed by atoms with Crippen molar-refractivity contribution >= 4 is 5.69 Å². The number of aromatic amines is 1. The second-order valence-corrected chi connectivity index (χ2v) is 4.88. The monoisotopic (exact) mass is 258 g/mol. The van der Waals surface area contributed by atoms with Crippen LogP contribution in [0.2, 0.25) is 0 Å². The summed E-state index contributed by atoms with van der Waals surface area (Å²) >= 11 is 0. The van der Waals surface area contributed by atoms with Gasteiger partial charge in [0.15, 0.2) is 5.82 Å². The Kier molecular flexibility index (Phi) is 3.46. The molecular weight excluding hydrogens is 240 g/mol. The molecule has 1 unspecified atom stereocenters. The normalized spacial score (nSPS) is 19.3. The first-order valence-electron chi connectivity index (χ1n) is 6.65. The van der Waals surface area contributed by atoms with E-state index in [2.05, 4.69) is 32.6 Å². The van der Waals surface area contributed by atoms with Gasteiger partial charge in [0.05, 0.1) is 6.61 Å². The van der Waals surface area contributed by atoms with Gasteiger partial charge in [0, 0.05) is 23.9 Å². The number of nitrogens with one attached hydrogen (secondary N) is 2. The Morgan fingerprint density at radius 2 is 2.37 bits per heavy atom. The van der Waals surface area contributed by atoms with Crippen molar-refractivity contribution in [1.29, 1.82) is 0 Å². The van der Waals surface area contributed by atoms with Crippen LogP contribution in [0.1, 0.15) is 18.7 Å². The summed E-state index contributed by atoms with van der Waals surface area (Å²) in [7, 11) is 0. The molecule has 0 radical (unpaired) electrons. The zero-order valence-corrected chi connectivity index (χ0v) is 11.0. The van der Waals surface area contributed by atoms with Gasteiger partial charge in [-0.05, 0) is 31.9 Å². The van der Waals surface area contributed by atoms with Crippen LogP contribution in [-0.2, 0) is 4.74 Å². The van der Waals surface area contributed by atoms with E-state index >= 15 is 0 Å². The van der Waals surface area contributed by atoms with Gasteiger partial charge in [0.1, 0.15) is 5.82 Å². The average Bonchev–Trinajstić information content (AvgIpc) is 2.87. The molecule has 1 atom stereocenters. The second kappa shape index (κ2) is 5.40. The van der Waals surface area contributed by atoms with E-state index in [9.17, 15) is 0 Å². The van der Waals surface area contributed by atoms with E-state index < -0.39 is 0 Å². The summed E-state index contributed by atoms with van der Waals surface area (Å²) in [6, 6.07) is 8.59. The van der Waals surface area contributed by atoms with Crippen LogP contribution in [0.3, 0.4) is 0 Å². The number of anilines is 1. The van der Waals surface area contributed by atoms with Gasteiger partial charge < -0.3 is 10.1 Å². The number of H-pyrrole nitrogens is 1. The predicted molar refractivity (Wildman–Crippen MR) is 74.0 cm³/mol. The summed E-state index contributed by atoms with van der Waals surface area (Å²) < 4.78 is 5.48. The average molecular weight is 258 g/mol. The number of nitrogens with zero attached hydrogens (tertiary/aromatic N) is 2. The standard InChI is InChI=1S/C14H18N4O/c1-10-15-14(18-17-10)11-4-2-5-12(8-11)16-13-6-3-7-19-9-13/h2,4-5,8,13,16H,3,6-7,9H2,1H3,(H,15,17,18).